The molecule has 0 bridgehead atoms. The van der Waals surface area contributed by atoms with E-state index in [4.69, 9.17) is 5.73 Å². The zero-order chi connectivity index (χ0) is 17.0. The first-order valence-electron chi connectivity index (χ1n) is 7.24. The number of halogens is 3. The van der Waals surface area contributed by atoms with Crippen LogP contribution < -0.4 is 11.1 Å². The molecule has 1 aliphatic heterocycles. The van der Waals surface area contributed by atoms with Gasteiger partial charge in [-0.1, -0.05) is 0 Å². The zero-order valence-corrected chi connectivity index (χ0v) is 12.4. The summed E-state index contributed by atoms with van der Waals surface area (Å²) >= 11 is 0. The predicted molar refractivity (Wildman–Crippen MR) is 77.5 cm³/mol. The number of likely N-dealkylation sites (tertiary alicyclic amines) is 1. The van der Waals surface area contributed by atoms with Crippen molar-refractivity contribution in [3.05, 3.63) is 35.4 Å². The number of hydrogen-bond donors (Lipinski definition) is 2. The van der Waals surface area contributed by atoms with Crippen LogP contribution in [-0.4, -0.2) is 42.9 Å². The highest BCUT2D eigenvalue weighted by atomic mass is 19.4. The Kier molecular flexibility index (Phi) is 5.25. The number of carbonyl (C=O) groups excluding carboxylic acids is 2. The van der Waals surface area contributed by atoms with E-state index in [1.54, 1.807) is 4.90 Å². The molecule has 3 N–H and O–H groups in total. The number of carbonyl (C=O) groups is 2. The Hall–Kier alpha value is -2.09. The van der Waals surface area contributed by atoms with Crippen molar-refractivity contribution in [2.75, 3.05) is 26.2 Å². The van der Waals surface area contributed by atoms with Crippen molar-refractivity contribution in [3.63, 3.8) is 0 Å². The van der Waals surface area contributed by atoms with E-state index in [9.17, 15) is 22.8 Å². The standard InChI is InChI=1S/C15H18F3N3O2/c16-15(17,18)12-3-1-11(2-4-12)14(23)20-8-13(22)21-6-5-10(7-19)9-21/h1-4,10H,5-9,19H2,(H,20,23). The molecule has 1 unspecified atom stereocenters. The van der Waals surface area contributed by atoms with E-state index in [1.165, 1.54) is 0 Å². The van der Waals surface area contributed by atoms with Gasteiger partial charge in [0.05, 0.1) is 12.1 Å². The second-order valence-electron chi connectivity index (χ2n) is 5.49. The number of hydrogen-bond acceptors (Lipinski definition) is 3. The van der Waals surface area contributed by atoms with Gasteiger partial charge in [-0.05, 0) is 43.1 Å². The lowest BCUT2D eigenvalue weighted by Crippen LogP contribution is -2.39. The van der Waals surface area contributed by atoms with Crippen molar-refractivity contribution >= 4 is 11.8 Å². The van der Waals surface area contributed by atoms with Gasteiger partial charge in [0.15, 0.2) is 0 Å². The van der Waals surface area contributed by atoms with Crippen molar-refractivity contribution < 1.29 is 22.8 Å². The fraction of sp³-hybridized carbons (Fsp3) is 0.467. The Balaban J connectivity index is 1.86. The monoisotopic (exact) mass is 329 g/mol. The molecular formula is C15H18F3N3O2. The van der Waals surface area contributed by atoms with Gasteiger partial charge < -0.3 is 16.0 Å². The van der Waals surface area contributed by atoms with Crippen LogP contribution in [0.1, 0.15) is 22.3 Å². The molecule has 0 spiro atoms. The first kappa shape index (κ1) is 17.3. The predicted octanol–water partition coefficient (Wildman–Crippen LogP) is 1.24. The molecule has 23 heavy (non-hydrogen) atoms. The maximum Gasteiger partial charge on any atom is 0.416 e. The van der Waals surface area contributed by atoms with Gasteiger partial charge in [0.2, 0.25) is 5.91 Å². The Morgan fingerprint density at radius 3 is 2.43 bits per heavy atom. The molecule has 1 heterocycles. The lowest BCUT2D eigenvalue weighted by atomic mass is 10.1. The molecule has 0 saturated carbocycles. The van der Waals surface area contributed by atoms with Crippen molar-refractivity contribution in [1.82, 2.24) is 10.2 Å². The lowest BCUT2D eigenvalue weighted by Gasteiger charge is -2.16. The summed E-state index contributed by atoms with van der Waals surface area (Å²) in [6.45, 7) is 1.52. The van der Waals surface area contributed by atoms with Gasteiger partial charge >= 0.3 is 6.18 Å². The molecule has 0 aromatic heterocycles. The van der Waals surface area contributed by atoms with Crippen molar-refractivity contribution in [2.24, 2.45) is 11.7 Å². The van der Waals surface area contributed by atoms with E-state index in [-0.39, 0.29) is 23.9 Å². The quantitative estimate of drug-likeness (QED) is 0.873. The van der Waals surface area contributed by atoms with Crippen LogP contribution in [0, 0.1) is 5.92 Å². The van der Waals surface area contributed by atoms with E-state index in [0.29, 0.717) is 19.6 Å². The van der Waals surface area contributed by atoms with E-state index in [1.807, 2.05) is 0 Å². The third-order valence-corrected chi connectivity index (χ3v) is 3.85. The fourth-order valence-electron chi connectivity index (χ4n) is 2.43. The SMILES string of the molecule is NCC1CCN(C(=O)CNC(=O)c2ccc(C(F)(F)F)cc2)C1. The van der Waals surface area contributed by atoms with Gasteiger partial charge in [0, 0.05) is 18.7 Å². The molecule has 8 heteroatoms. The number of nitrogens with two attached hydrogens (primary N) is 1. The zero-order valence-electron chi connectivity index (χ0n) is 12.4. The highest BCUT2D eigenvalue weighted by molar-refractivity contribution is 5.96. The number of nitrogens with one attached hydrogen (secondary N) is 1. The molecule has 1 aromatic carbocycles. The summed E-state index contributed by atoms with van der Waals surface area (Å²) in [5, 5.41) is 2.42. The molecule has 0 aliphatic carbocycles. The molecule has 1 saturated heterocycles. The number of alkyl halides is 3. The maximum absolute atomic E-state index is 12.4. The minimum Gasteiger partial charge on any atom is -0.343 e. The van der Waals surface area contributed by atoms with Crippen LogP contribution in [0.2, 0.25) is 0 Å². The largest absolute Gasteiger partial charge is 0.416 e. The van der Waals surface area contributed by atoms with Gasteiger partial charge in [0.25, 0.3) is 5.91 Å². The van der Waals surface area contributed by atoms with Gasteiger partial charge in [-0.3, -0.25) is 9.59 Å². The summed E-state index contributed by atoms with van der Waals surface area (Å²) in [4.78, 5) is 25.4. The second-order valence-corrected chi connectivity index (χ2v) is 5.49. The number of benzene rings is 1. The van der Waals surface area contributed by atoms with Crippen LogP contribution in [0.15, 0.2) is 24.3 Å². The molecule has 2 amide bonds. The molecule has 1 fully saturated rings. The smallest absolute Gasteiger partial charge is 0.343 e. The number of rotatable bonds is 4. The normalized spacial score (nSPS) is 18.1. The Morgan fingerprint density at radius 1 is 1.26 bits per heavy atom. The molecule has 1 aromatic rings. The van der Waals surface area contributed by atoms with Crippen molar-refractivity contribution in [3.8, 4) is 0 Å². The van der Waals surface area contributed by atoms with Crippen LogP contribution in [-0.2, 0) is 11.0 Å². The summed E-state index contributed by atoms with van der Waals surface area (Å²) in [6.07, 6.45) is -3.60. The average Bonchev–Trinajstić information content (AvgIpc) is 3.00. The number of nitrogens with zero attached hydrogens (tertiary/aromatic N) is 1. The van der Waals surface area contributed by atoms with Crippen LogP contribution >= 0.6 is 0 Å². The molecule has 1 aliphatic rings. The summed E-state index contributed by atoms with van der Waals surface area (Å²) in [7, 11) is 0. The van der Waals surface area contributed by atoms with Gasteiger partial charge in [0.1, 0.15) is 0 Å². The third-order valence-electron chi connectivity index (χ3n) is 3.85. The summed E-state index contributed by atoms with van der Waals surface area (Å²) in [6, 6.07) is 3.85. The van der Waals surface area contributed by atoms with E-state index in [2.05, 4.69) is 5.32 Å². The maximum atomic E-state index is 12.4. The fourth-order valence-corrected chi connectivity index (χ4v) is 2.43. The second kappa shape index (κ2) is 6.99. The topological polar surface area (TPSA) is 75.4 Å². The van der Waals surface area contributed by atoms with E-state index >= 15 is 0 Å². The Morgan fingerprint density at radius 2 is 1.91 bits per heavy atom. The Bertz CT molecular complexity index is 572. The van der Waals surface area contributed by atoms with Gasteiger partial charge in [-0.2, -0.15) is 13.2 Å². The Labute approximate surface area is 131 Å². The molecule has 1 atom stereocenters. The third kappa shape index (κ3) is 4.44. The molecule has 5 nitrogen and oxygen atoms in total. The van der Waals surface area contributed by atoms with Crippen LogP contribution in [0.25, 0.3) is 0 Å². The lowest BCUT2D eigenvalue weighted by molar-refractivity contribution is -0.137. The van der Waals surface area contributed by atoms with Crippen LogP contribution in [0.4, 0.5) is 13.2 Å². The van der Waals surface area contributed by atoms with E-state index in [0.717, 1.165) is 30.7 Å². The van der Waals surface area contributed by atoms with Crippen LogP contribution in [0.3, 0.4) is 0 Å². The minimum absolute atomic E-state index is 0.0760. The molecule has 2 rings (SSSR count). The highest BCUT2D eigenvalue weighted by Crippen LogP contribution is 2.29. The molecular weight excluding hydrogens is 311 g/mol. The average molecular weight is 329 g/mol. The molecule has 0 radical (unpaired) electrons. The summed E-state index contributed by atoms with van der Waals surface area (Å²) < 4.78 is 37.3. The molecule has 126 valence electrons. The van der Waals surface area contributed by atoms with Crippen molar-refractivity contribution in [1.29, 1.82) is 0 Å². The highest BCUT2D eigenvalue weighted by Gasteiger charge is 2.30. The summed E-state index contributed by atoms with van der Waals surface area (Å²) in [5.74, 6) is -0.521. The van der Waals surface area contributed by atoms with Crippen molar-refractivity contribution in [2.45, 2.75) is 12.6 Å². The first-order chi connectivity index (χ1) is 10.8. The van der Waals surface area contributed by atoms with Gasteiger partial charge in [-0.15, -0.1) is 0 Å². The first-order valence-corrected chi connectivity index (χ1v) is 7.24. The van der Waals surface area contributed by atoms with Gasteiger partial charge in [-0.25, -0.2) is 0 Å². The van der Waals surface area contributed by atoms with Crippen LogP contribution in [0.5, 0.6) is 0 Å². The van der Waals surface area contributed by atoms with E-state index < -0.39 is 17.6 Å². The number of amides is 2. The summed E-state index contributed by atoms with van der Waals surface area (Å²) in [5.41, 5.74) is 4.80. The minimum atomic E-state index is -4.44.